The van der Waals surface area contributed by atoms with Crippen LogP contribution in [-0.2, 0) is 21.1 Å². The lowest BCUT2D eigenvalue weighted by molar-refractivity contribution is -0.115. The number of nitrogens with zero attached hydrogens (tertiary/aromatic N) is 2. The third-order valence-corrected chi connectivity index (χ3v) is 5.26. The highest BCUT2D eigenvalue weighted by atomic mass is 32.2. The third-order valence-electron chi connectivity index (χ3n) is 3.31. The van der Waals surface area contributed by atoms with Gasteiger partial charge < -0.3 is 5.32 Å². The fraction of sp³-hybridized carbons (Fsp3) is 0.118. The molecule has 25 heavy (non-hydrogen) atoms. The van der Waals surface area contributed by atoms with Crippen molar-refractivity contribution in [1.29, 1.82) is 0 Å². The maximum atomic E-state index is 12.1. The molecule has 8 heteroatoms. The van der Waals surface area contributed by atoms with Crippen LogP contribution in [0.3, 0.4) is 0 Å². The first-order valence-electron chi connectivity index (χ1n) is 7.37. The molecule has 0 aliphatic carbocycles. The summed E-state index contributed by atoms with van der Waals surface area (Å²) in [7, 11) is -3.35. The van der Waals surface area contributed by atoms with Crippen LogP contribution in [0.2, 0.25) is 0 Å². The lowest BCUT2D eigenvalue weighted by Gasteiger charge is -2.04. The summed E-state index contributed by atoms with van der Waals surface area (Å²) < 4.78 is 22.7. The Morgan fingerprint density at radius 3 is 2.56 bits per heavy atom. The van der Waals surface area contributed by atoms with Gasteiger partial charge in [-0.2, -0.15) is 0 Å². The molecule has 1 aromatic carbocycles. The van der Waals surface area contributed by atoms with Gasteiger partial charge in [0.2, 0.25) is 5.91 Å². The van der Waals surface area contributed by atoms with Gasteiger partial charge >= 0.3 is 0 Å². The number of hydrogen-bond donors (Lipinski definition) is 1. The topological polar surface area (TPSA) is 89.0 Å². The van der Waals surface area contributed by atoms with Crippen molar-refractivity contribution in [3.63, 3.8) is 0 Å². The van der Waals surface area contributed by atoms with Crippen molar-refractivity contribution in [2.24, 2.45) is 0 Å². The van der Waals surface area contributed by atoms with E-state index in [4.69, 9.17) is 0 Å². The number of pyridine rings is 1. The molecule has 0 radical (unpaired) electrons. The van der Waals surface area contributed by atoms with E-state index in [1.54, 1.807) is 0 Å². The zero-order valence-corrected chi connectivity index (χ0v) is 15.0. The van der Waals surface area contributed by atoms with Gasteiger partial charge in [-0.15, -0.1) is 11.3 Å². The minimum absolute atomic E-state index is 0.0301. The molecule has 2 aromatic heterocycles. The van der Waals surface area contributed by atoms with Crippen molar-refractivity contribution < 1.29 is 13.2 Å². The molecule has 0 aliphatic rings. The van der Waals surface area contributed by atoms with E-state index >= 15 is 0 Å². The lowest BCUT2D eigenvalue weighted by Crippen LogP contribution is -2.15. The van der Waals surface area contributed by atoms with Gasteiger partial charge in [0.1, 0.15) is 5.01 Å². The molecule has 128 valence electrons. The van der Waals surface area contributed by atoms with Crippen LogP contribution in [0.25, 0.3) is 10.6 Å². The summed E-state index contributed by atoms with van der Waals surface area (Å²) in [6.45, 7) is 0. The summed E-state index contributed by atoms with van der Waals surface area (Å²) in [6, 6.07) is 12.6. The molecule has 0 saturated heterocycles. The van der Waals surface area contributed by atoms with E-state index in [1.807, 2.05) is 35.7 Å². The number of nitrogens with one attached hydrogen (secondary N) is 1. The highest BCUT2D eigenvalue weighted by Crippen LogP contribution is 2.23. The molecule has 3 rings (SSSR count). The molecular formula is C17H15N3O3S2. The Labute approximate surface area is 149 Å². The van der Waals surface area contributed by atoms with Crippen molar-refractivity contribution in [1.82, 2.24) is 9.97 Å². The number of thiazole rings is 1. The predicted octanol–water partition coefficient (Wildman–Crippen LogP) is 2.79. The van der Waals surface area contributed by atoms with E-state index < -0.39 is 9.84 Å². The van der Waals surface area contributed by atoms with E-state index in [1.165, 1.54) is 29.7 Å². The fourth-order valence-electron chi connectivity index (χ4n) is 2.14. The number of carbonyl (C=O) groups excluding carboxylic acids is 1. The fourth-order valence-corrected chi connectivity index (χ4v) is 3.53. The highest BCUT2D eigenvalue weighted by molar-refractivity contribution is 7.90. The van der Waals surface area contributed by atoms with Crippen LogP contribution in [0, 0.1) is 0 Å². The van der Waals surface area contributed by atoms with Gasteiger partial charge in [-0.1, -0.05) is 30.3 Å². The Kier molecular flexibility index (Phi) is 4.91. The first-order valence-corrected chi connectivity index (χ1v) is 10.1. The number of benzene rings is 1. The summed E-state index contributed by atoms with van der Waals surface area (Å²) in [5.74, 6) is -0.237. The molecule has 1 N–H and O–H groups in total. The summed E-state index contributed by atoms with van der Waals surface area (Å²) in [5.41, 5.74) is 2.14. The minimum Gasteiger partial charge on any atom is -0.324 e. The Hall–Kier alpha value is -2.58. The quantitative estimate of drug-likeness (QED) is 0.743. The standard InChI is InChI=1S/C17H15N3O3S2/c1-25(22,23)16-8-7-13(10-18-16)19-15(21)9-14-11-24-17(20-14)12-5-3-2-4-6-12/h2-8,10-11H,9H2,1H3,(H,19,21). The maximum absolute atomic E-state index is 12.1. The summed E-state index contributed by atoms with van der Waals surface area (Å²) in [5, 5.41) is 5.37. The molecule has 0 saturated carbocycles. The van der Waals surface area contributed by atoms with E-state index in [-0.39, 0.29) is 17.4 Å². The number of rotatable bonds is 5. The number of hydrogen-bond acceptors (Lipinski definition) is 6. The molecular weight excluding hydrogens is 358 g/mol. The van der Waals surface area contributed by atoms with Crippen LogP contribution in [0.5, 0.6) is 0 Å². The van der Waals surface area contributed by atoms with Gasteiger partial charge in [-0.3, -0.25) is 4.79 Å². The zero-order valence-electron chi connectivity index (χ0n) is 13.3. The molecule has 6 nitrogen and oxygen atoms in total. The van der Waals surface area contributed by atoms with E-state index in [0.29, 0.717) is 11.4 Å². The van der Waals surface area contributed by atoms with Crippen molar-refractivity contribution in [2.75, 3.05) is 11.6 Å². The van der Waals surface area contributed by atoms with Crippen molar-refractivity contribution in [3.8, 4) is 10.6 Å². The lowest BCUT2D eigenvalue weighted by atomic mass is 10.2. The number of amides is 1. The van der Waals surface area contributed by atoms with Gasteiger partial charge in [0.25, 0.3) is 0 Å². The molecule has 1 amide bonds. The molecule has 2 heterocycles. The SMILES string of the molecule is CS(=O)(=O)c1ccc(NC(=O)Cc2csc(-c3ccccc3)n2)cn1. The summed E-state index contributed by atoms with van der Waals surface area (Å²) in [4.78, 5) is 20.4. The van der Waals surface area contributed by atoms with Gasteiger partial charge in [-0.25, -0.2) is 18.4 Å². The molecule has 0 fully saturated rings. The smallest absolute Gasteiger partial charge is 0.230 e. The normalized spacial score (nSPS) is 11.2. The van der Waals surface area contributed by atoms with E-state index in [2.05, 4.69) is 15.3 Å². The van der Waals surface area contributed by atoms with Crippen molar-refractivity contribution >= 4 is 32.8 Å². The molecule has 3 aromatic rings. The van der Waals surface area contributed by atoms with Gasteiger partial charge in [0.05, 0.1) is 24.0 Å². The average molecular weight is 373 g/mol. The molecule has 0 aliphatic heterocycles. The van der Waals surface area contributed by atoms with E-state index in [0.717, 1.165) is 16.8 Å². The molecule has 0 unspecified atom stereocenters. The zero-order chi connectivity index (χ0) is 17.9. The summed E-state index contributed by atoms with van der Waals surface area (Å²) in [6.07, 6.45) is 2.54. The third kappa shape index (κ3) is 4.49. The second kappa shape index (κ2) is 7.12. The second-order valence-electron chi connectivity index (χ2n) is 5.39. The average Bonchev–Trinajstić information content (AvgIpc) is 3.03. The Morgan fingerprint density at radius 2 is 1.92 bits per heavy atom. The summed E-state index contributed by atoms with van der Waals surface area (Å²) >= 11 is 1.49. The van der Waals surface area contributed by atoms with Gasteiger partial charge in [-0.05, 0) is 12.1 Å². The first-order chi connectivity index (χ1) is 11.9. The monoisotopic (exact) mass is 373 g/mol. The largest absolute Gasteiger partial charge is 0.324 e. The van der Waals surface area contributed by atoms with Crippen molar-refractivity contribution in [3.05, 3.63) is 59.7 Å². The number of anilines is 1. The minimum atomic E-state index is -3.35. The van der Waals surface area contributed by atoms with Crippen LogP contribution in [0.15, 0.2) is 59.1 Å². The van der Waals surface area contributed by atoms with Gasteiger partial charge in [0, 0.05) is 17.2 Å². The van der Waals surface area contributed by atoms with Crippen LogP contribution in [0.1, 0.15) is 5.69 Å². The van der Waals surface area contributed by atoms with Crippen LogP contribution in [-0.4, -0.2) is 30.5 Å². The number of carbonyl (C=O) groups is 1. The van der Waals surface area contributed by atoms with Crippen LogP contribution < -0.4 is 5.32 Å². The first kappa shape index (κ1) is 17.2. The molecule has 0 bridgehead atoms. The van der Waals surface area contributed by atoms with E-state index in [9.17, 15) is 13.2 Å². The van der Waals surface area contributed by atoms with Crippen LogP contribution in [0.4, 0.5) is 5.69 Å². The Morgan fingerprint density at radius 1 is 1.16 bits per heavy atom. The van der Waals surface area contributed by atoms with Crippen LogP contribution >= 0.6 is 11.3 Å². The molecule has 0 spiro atoms. The second-order valence-corrected chi connectivity index (χ2v) is 8.21. The van der Waals surface area contributed by atoms with Gasteiger partial charge in [0.15, 0.2) is 14.9 Å². The highest BCUT2D eigenvalue weighted by Gasteiger charge is 2.11. The van der Waals surface area contributed by atoms with Crippen molar-refractivity contribution in [2.45, 2.75) is 11.4 Å². The number of sulfone groups is 1. The Balaban J connectivity index is 1.64. The predicted molar refractivity (Wildman–Crippen MR) is 97.2 cm³/mol. The Bertz CT molecular complexity index is 981. The number of aromatic nitrogens is 2. The maximum Gasteiger partial charge on any atom is 0.230 e. The molecule has 0 atom stereocenters.